The van der Waals surface area contributed by atoms with Crippen LogP contribution in [-0.4, -0.2) is 40.9 Å². The van der Waals surface area contributed by atoms with Gasteiger partial charge >= 0.3 is 0 Å². The van der Waals surface area contributed by atoms with Crippen molar-refractivity contribution in [2.24, 2.45) is 0 Å². The SMILES string of the molecule is Cc1ccc(-c2ccccc2C(=O)N2CSC[C@H]2CNC(=O)c2cccc3occc23)cc1C. The maximum absolute atomic E-state index is 13.6. The van der Waals surface area contributed by atoms with Crippen molar-refractivity contribution in [3.05, 3.63) is 95.2 Å². The first-order valence-electron chi connectivity index (χ1n) is 11.3. The number of carbonyl (C=O) groups excluding carboxylic acids is 2. The van der Waals surface area contributed by atoms with E-state index in [-0.39, 0.29) is 17.9 Å². The molecule has 0 saturated carbocycles. The lowest BCUT2D eigenvalue weighted by atomic mass is 9.96. The van der Waals surface area contributed by atoms with Crippen molar-refractivity contribution in [2.75, 3.05) is 18.2 Å². The van der Waals surface area contributed by atoms with Crippen LogP contribution in [0.1, 0.15) is 31.8 Å². The molecule has 1 atom stereocenters. The largest absolute Gasteiger partial charge is 0.464 e. The molecule has 0 unspecified atom stereocenters. The molecule has 1 N–H and O–H groups in total. The van der Waals surface area contributed by atoms with Crippen LogP contribution in [0.15, 0.2) is 77.4 Å². The number of hydrogen-bond acceptors (Lipinski definition) is 4. The first kappa shape index (κ1) is 22.3. The Morgan fingerprint density at radius 3 is 2.68 bits per heavy atom. The molecule has 3 aromatic carbocycles. The molecule has 6 heteroatoms. The zero-order chi connectivity index (χ0) is 23.7. The average Bonchev–Trinajstić information content (AvgIpc) is 3.53. The topological polar surface area (TPSA) is 62.6 Å². The van der Waals surface area contributed by atoms with Crippen LogP contribution >= 0.6 is 11.8 Å². The number of thioether (sulfide) groups is 1. The summed E-state index contributed by atoms with van der Waals surface area (Å²) in [5.41, 5.74) is 6.35. The fourth-order valence-corrected chi connectivity index (χ4v) is 5.56. The highest BCUT2D eigenvalue weighted by Crippen LogP contribution is 2.30. The molecule has 0 spiro atoms. The smallest absolute Gasteiger partial charge is 0.255 e. The Balaban J connectivity index is 1.34. The summed E-state index contributed by atoms with van der Waals surface area (Å²) in [6, 6.07) is 21.2. The molecule has 0 aliphatic carbocycles. The lowest BCUT2D eigenvalue weighted by Gasteiger charge is -2.25. The van der Waals surface area contributed by atoms with Gasteiger partial charge in [0, 0.05) is 23.2 Å². The normalized spacial score (nSPS) is 15.6. The van der Waals surface area contributed by atoms with E-state index in [0.717, 1.165) is 22.3 Å². The van der Waals surface area contributed by atoms with Gasteiger partial charge in [-0.1, -0.05) is 42.5 Å². The van der Waals surface area contributed by atoms with Gasteiger partial charge in [0.25, 0.3) is 11.8 Å². The van der Waals surface area contributed by atoms with Gasteiger partial charge in [0.2, 0.25) is 0 Å². The van der Waals surface area contributed by atoms with Gasteiger partial charge in [-0.2, -0.15) is 0 Å². The summed E-state index contributed by atoms with van der Waals surface area (Å²) in [6.45, 7) is 4.57. The summed E-state index contributed by atoms with van der Waals surface area (Å²) < 4.78 is 5.41. The van der Waals surface area contributed by atoms with Crippen LogP contribution in [0.5, 0.6) is 0 Å². The summed E-state index contributed by atoms with van der Waals surface area (Å²) in [4.78, 5) is 28.4. The van der Waals surface area contributed by atoms with Crippen molar-refractivity contribution in [1.82, 2.24) is 10.2 Å². The van der Waals surface area contributed by atoms with E-state index in [1.807, 2.05) is 41.3 Å². The Morgan fingerprint density at radius 1 is 1.00 bits per heavy atom. The van der Waals surface area contributed by atoms with Crippen molar-refractivity contribution in [2.45, 2.75) is 19.9 Å². The van der Waals surface area contributed by atoms with E-state index in [0.29, 0.717) is 29.1 Å². The third kappa shape index (κ3) is 4.21. The third-order valence-electron chi connectivity index (χ3n) is 6.46. The van der Waals surface area contributed by atoms with E-state index < -0.39 is 0 Å². The Kier molecular flexibility index (Phi) is 6.16. The predicted octanol–water partition coefficient (Wildman–Crippen LogP) is 5.66. The molecule has 5 nitrogen and oxygen atoms in total. The molecule has 1 fully saturated rings. The molecular formula is C28H26N2O3S. The van der Waals surface area contributed by atoms with Gasteiger partial charge in [0.05, 0.1) is 23.7 Å². The molecular weight excluding hydrogens is 444 g/mol. The molecule has 1 aliphatic rings. The maximum atomic E-state index is 13.6. The predicted molar refractivity (Wildman–Crippen MR) is 137 cm³/mol. The molecule has 34 heavy (non-hydrogen) atoms. The van der Waals surface area contributed by atoms with Crippen LogP contribution in [0.4, 0.5) is 0 Å². The Bertz CT molecular complexity index is 1380. The minimum Gasteiger partial charge on any atom is -0.464 e. The second-order valence-corrected chi connectivity index (χ2v) is 9.62. The number of nitrogens with zero attached hydrogens (tertiary/aromatic N) is 1. The van der Waals surface area contributed by atoms with Gasteiger partial charge in [0.15, 0.2) is 0 Å². The molecule has 2 heterocycles. The molecule has 1 saturated heterocycles. The van der Waals surface area contributed by atoms with Crippen LogP contribution < -0.4 is 5.32 Å². The number of nitrogens with one attached hydrogen (secondary N) is 1. The van der Waals surface area contributed by atoms with Crippen LogP contribution in [-0.2, 0) is 0 Å². The number of benzene rings is 3. The summed E-state index contributed by atoms with van der Waals surface area (Å²) in [5.74, 6) is 1.23. The van der Waals surface area contributed by atoms with Crippen molar-refractivity contribution >= 4 is 34.5 Å². The molecule has 1 aliphatic heterocycles. The van der Waals surface area contributed by atoms with Gasteiger partial charge in [-0.3, -0.25) is 9.59 Å². The van der Waals surface area contributed by atoms with Gasteiger partial charge < -0.3 is 14.6 Å². The molecule has 172 valence electrons. The number of hydrogen-bond donors (Lipinski definition) is 1. The lowest BCUT2D eigenvalue weighted by molar-refractivity contribution is 0.0737. The Labute approximate surface area is 203 Å². The van der Waals surface area contributed by atoms with E-state index in [2.05, 4.69) is 37.4 Å². The molecule has 2 amide bonds. The first-order valence-corrected chi connectivity index (χ1v) is 12.5. The number of furan rings is 1. The van der Waals surface area contributed by atoms with E-state index >= 15 is 0 Å². The Hall–Kier alpha value is -3.51. The van der Waals surface area contributed by atoms with Crippen LogP contribution in [0.3, 0.4) is 0 Å². The van der Waals surface area contributed by atoms with Crippen molar-refractivity contribution in [3.8, 4) is 11.1 Å². The highest BCUT2D eigenvalue weighted by molar-refractivity contribution is 7.99. The number of fused-ring (bicyclic) bond motifs is 1. The summed E-state index contributed by atoms with van der Waals surface area (Å²) in [7, 11) is 0. The number of rotatable bonds is 5. The van der Waals surface area contributed by atoms with Crippen molar-refractivity contribution in [1.29, 1.82) is 0 Å². The van der Waals surface area contributed by atoms with Crippen molar-refractivity contribution in [3.63, 3.8) is 0 Å². The van der Waals surface area contributed by atoms with E-state index in [1.165, 1.54) is 11.1 Å². The quantitative estimate of drug-likeness (QED) is 0.409. The van der Waals surface area contributed by atoms with Gasteiger partial charge in [-0.25, -0.2) is 0 Å². The van der Waals surface area contributed by atoms with Gasteiger partial charge in [-0.15, -0.1) is 11.8 Å². The minimum absolute atomic E-state index is 0.00462. The molecule has 4 aromatic rings. The average molecular weight is 471 g/mol. The monoisotopic (exact) mass is 470 g/mol. The second kappa shape index (κ2) is 9.39. The summed E-state index contributed by atoms with van der Waals surface area (Å²) in [6.07, 6.45) is 1.59. The van der Waals surface area contributed by atoms with Crippen LogP contribution in [0.25, 0.3) is 22.1 Å². The van der Waals surface area contributed by atoms with Crippen LogP contribution in [0.2, 0.25) is 0 Å². The number of aryl methyl sites for hydroxylation is 2. The Morgan fingerprint density at radius 2 is 1.82 bits per heavy atom. The zero-order valence-corrected chi connectivity index (χ0v) is 20.0. The lowest BCUT2D eigenvalue weighted by Crippen LogP contribution is -2.44. The zero-order valence-electron chi connectivity index (χ0n) is 19.2. The van der Waals surface area contributed by atoms with E-state index in [1.54, 1.807) is 30.2 Å². The summed E-state index contributed by atoms with van der Waals surface area (Å²) in [5, 5.41) is 3.82. The standard InChI is InChI=1S/C28H26N2O3S/c1-18-10-11-20(14-19(18)2)22-6-3-4-7-25(22)28(32)30-17-34-16-21(30)15-29-27(31)24-8-5-9-26-23(24)12-13-33-26/h3-14,21H,15-17H2,1-2H3,(H,29,31)/t21-/m1/s1. The maximum Gasteiger partial charge on any atom is 0.255 e. The fraction of sp³-hybridized carbons (Fsp3) is 0.214. The number of carbonyl (C=O) groups is 2. The third-order valence-corrected chi connectivity index (χ3v) is 7.54. The summed E-state index contributed by atoms with van der Waals surface area (Å²) >= 11 is 1.71. The van der Waals surface area contributed by atoms with Crippen LogP contribution in [0, 0.1) is 13.8 Å². The van der Waals surface area contributed by atoms with Gasteiger partial charge in [0.1, 0.15) is 5.58 Å². The fourth-order valence-electron chi connectivity index (χ4n) is 4.36. The first-order chi connectivity index (χ1) is 16.5. The highest BCUT2D eigenvalue weighted by atomic mass is 32.2. The highest BCUT2D eigenvalue weighted by Gasteiger charge is 2.31. The molecule has 1 aromatic heterocycles. The molecule has 0 radical (unpaired) electrons. The van der Waals surface area contributed by atoms with E-state index in [4.69, 9.17) is 4.42 Å². The van der Waals surface area contributed by atoms with Crippen molar-refractivity contribution < 1.29 is 14.0 Å². The molecule has 0 bridgehead atoms. The second-order valence-electron chi connectivity index (χ2n) is 8.62. The minimum atomic E-state index is -0.160. The van der Waals surface area contributed by atoms with E-state index in [9.17, 15) is 9.59 Å². The number of amides is 2. The molecule has 5 rings (SSSR count). The van der Waals surface area contributed by atoms with Gasteiger partial charge in [-0.05, 0) is 60.4 Å².